The number of pyridine rings is 1. The van der Waals surface area contributed by atoms with Gasteiger partial charge >= 0.3 is 6.09 Å². The van der Waals surface area contributed by atoms with E-state index in [4.69, 9.17) is 4.74 Å². The number of carbonyl (C=O) groups excluding carboxylic acids is 2. The predicted molar refractivity (Wildman–Crippen MR) is 111 cm³/mol. The van der Waals surface area contributed by atoms with Gasteiger partial charge < -0.3 is 15.0 Å². The van der Waals surface area contributed by atoms with Crippen molar-refractivity contribution in [3.63, 3.8) is 0 Å². The fourth-order valence-corrected chi connectivity index (χ4v) is 3.73. The van der Waals surface area contributed by atoms with Crippen molar-refractivity contribution in [2.24, 2.45) is 0 Å². The maximum absolute atomic E-state index is 14.7. The average molecular weight is 431 g/mol. The number of benzene rings is 1. The number of nitrogens with one attached hydrogen (secondary N) is 1. The van der Waals surface area contributed by atoms with Crippen LogP contribution in [0.3, 0.4) is 0 Å². The molecule has 1 aromatic heterocycles. The molecule has 8 heteroatoms. The minimum Gasteiger partial charge on any atom is -0.444 e. The number of likely N-dealkylation sites (tertiary alicyclic amines) is 1. The van der Waals surface area contributed by atoms with Crippen molar-refractivity contribution in [3.8, 4) is 0 Å². The van der Waals surface area contributed by atoms with Gasteiger partial charge in [-0.2, -0.15) is 0 Å². The standard InChI is InChI=1S/C23H27F2N3O3/c1-23(2,3)31-22(30)27-19-9-10-20(29)28(13-11-16-6-4-5-12-26-16)21(19)17-14-15(24)7-8-18(17)25/h4-8,12,14,19,21H,9-11,13H2,1-3H3,(H,27,30)/t19?,21-/m1/s1. The summed E-state index contributed by atoms with van der Waals surface area (Å²) < 4.78 is 34.1. The second kappa shape index (κ2) is 9.41. The minimum absolute atomic E-state index is 0.0233. The lowest BCUT2D eigenvalue weighted by molar-refractivity contribution is -0.138. The largest absolute Gasteiger partial charge is 0.444 e. The Hall–Kier alpha value is -3.03. The molecule has 0 spiro atoms. The number of halogens is 2. The molecule has 1 fully saturated rings. The van der Waals surface area contributed by atoms with Crippen LogP contribution in [0.25, 0.3) is 0 Å². The molecular formula is C23H27F2N3O3. The molecule has 6 nitrogen and oxygen atoms in total. The molecule has 1 aromatic carbocycles. The van der Waals surface area contributed by atoms with Gasteiger partial charge in [0.25, 0.3) is 0 Å². The summed E-state index contributed by atoms with van der Waals surface area (Å²) in [4.78, 5) is 31.0. The second-order valence-corrected chi connectivity index (χ2v) is 8.56. The van der Waals surface area contributed by atoms with E-state index in [1.165, 1.54) is 4.90 Å². The van der Waals surface area contributed by atoms with Crippen LogP contribution in [0.1, 0.15) is 50.9 Å². The average Bonchev–Trinajstić information content (AvgIpc) is 2.69. The van der Waals surface area contributed by atoms with Gasteiger partial charge in [-0.3, -0.25) is 9.78 Å². The lowest BCUT2D eigenvalue weighted by Gasteiger charge is -2.42. The first-order valence-electron chi connectivity index (χ1n) is 10.3. The SMILES string of the molecule is CC(C)(C)OC(=O)NC1CCC(=O)N(CCc2ccccn2)[C@@H]1c1cc(F)ccc1F. The highest BCUT2D eigenvalue weighted by molar-refractivity contribution is 5.78. The number of piperidine rings is 1. The predicted octanol–water partition coefficient (Wildman–Crippen LogP) is 4.16. The lowest BCUT2D eigenvalue weighted by Crippen LogP contribution is -2.53. The molecule has 2 heterocycles. The van der Waals surface area contributed by atoms with E-state index in [1.54, 1.807) is 33.0 Å². The van der Waals surface area contributed by atoms with Crippen molar-refractivity contribution in [3.05, 3.63) is 65.5 Å². The Labute approximate surface area is 180 Å². The maximum Gasteiger partial charge on any atom is 0.407 e. The molecule has 2 atom stereocenters. The third-order valence-electron chi connectivity index (χ3n) is 5.02. The molecule has 2 aromatic rings. The van der Waals surface area contributed by atoms with Gasteiger partial charge in [-0.15, -0.1) is 0 Å². The zero-order valence-corrected chi connectivity index (χ0v) is 17.9. The van der Waals surface area contributed by atoms with Crippen LogP contribution in [0.15, 0.2) is 42.6 Å². The molecule has 2 amide bonds. The molecule has 1 aliphatic heterocycles. The molecule has 166 valence electrons. The van der Waals surface area contributed by atoms with E-state index in [0.717, 1.165) is 23.9 Å². The van der Waals surface area contributed by atoms with Gasteiger partial charge in [0.15, 0.2) is 0 Å². The first kappa shape index (κ1) is 22.7. The molecule has 0 bridgehead atoms. The number of alkyl carbamates (subject to hydrolysis) is 1. The third-order valence-corrected chi connectivity index (χ3v) is 5.02. The Morgan fingerprint density at radius 2 is 2.03 bits per heavy atom. The first-order valence-corrected chi connectivity index (χ1v) is 10.3. The topological polar surface area (TPSA) is 71.5 Å². The van der Waals surface area contributed by atoms with E-state index in [9.17, 15) is 18.4 Å². The number of rotatable bonds is 5. The minimum atomic E-state index is -0.867. The van der Waals surface area contributed by atoms with Gasteiger partial charge in [0.05, 0.1) is 12.1 Å². The summed E-state index contributed by atoms with van der Waals surface area (Å²) in [6.07, 6.45) is 1.90. The highest BCUT2D eigenvalue weighted by Gasteiger charge is 2.39. The monoisotopic (exact) mass is 431 g/mol. The number of nitrogens with zero attached hydrogens (tertiary/aromatic N) is 2. The van der Waals surface area contributed by atoms with Crippen LogP contribution in [0.4, 0.5) is 13.6 Å². The summed E-state index contributed by atoms with van der Waals surface area (Å²) in [5.74, 6) is -1.44. The quantitative estimate of drug-likeness (QED) is 0.772. The molecule has 1 saturated heterocycles. The fourth-order valence-electron chi connectivity index (χ4n) is 3.73. The van der Waals surface area contributed by atoms with Crippen LogP contribution in [0, 0.1) is 11.6 Å². The van der Waals surface area contributed by atoms with Gasteiger partial charge in [0.2, 0.25) is 5.91 Å². The fraction of sp³-hybridized carbons (Fsp3) is 0.435. The lowest BCUT2D eigenvalue weighted by atomic mass is 9.89. The van der Waals surface area contributed by atoms with Gasteiger partial charge in [-0.05, 0) is 57.5 Å². The Morgan fingerprint density at radius 1 is 1.26 bits per heavy atom. The summed E-state index contributed by atoms with van der Waals surface area (Å²) in [7, 11) is 0. The summed E-state index contributed by atoms with van der Waals surface area (Å²) in [6.45, 7) is 5.46. The number of hydrogen-bond donors (Lipinski definition) is 1. The van der Waals surface area contributed by atoms with Crippen molar-refractivity contribution >= 4 is 12.0 Å². The molecular weight excluding hydrogens is 404 g/mol. The number of ether oxygens (including phenoxy) is 1. The smallest absolute Gasteiger partial charge is 0.407 e. The maximum atomic E-state index is 14.7. The Bertz CT molecular complexity index is 931. The second-order valence-electron chi connectivity index (χ2n) is 8.56. The Balaban J connectivity index is 1.91. The van der Waals surface area contributed by atoms with Gasteiger partial charge in [0.1, 0.15) is 17.2 Å². The molecule has 1 unspecified atom stereocenters. The van der Waals surface area contributed by atoms with E-state index in [2.05, 4.69) is 10.3 Å². The van der Waals surface area contributed by atoms with E-state index in [-0.39, 0.29) is 24.4 Å². The molecule has 1 aliphatic rings. The normalized spacial score (nSPS) is 19.3. The number of hydrogen-bond acceptors (Lipinski definition) is 4. The van der Waals surface area contributed by atoms with Gasteiger partial charge in [0, 0.05) is 36.8 Å². The van der Waals surface area contributed by atoms with Crippen LogP contribution in [0.5, 0.6) is 0 Å². The van der Waals surface area contributed by atoms with Crippen molar-refractivity contribution in [1.29, 1.82) is 0 Å². The zero-order valence-electron chi connectivity index (χ0n) is 17.9. The Kier molecular flexibility index (Phi) is 6.87. The third kappa shape index (κ3) is 5.99. The van der Waals surface area contributed by atoms with Crippen LogP contribution < -0.4 is 5.32 Å². The van der Waals surface area contributed by atoms with Crippen LogP contribution in [-0.4, -0.2) is 40.1 Å². The number of amides is 2. The molecule has 3 rings (SSSR count). The van der Waals surface area contributed by atoms with Crippen molar-refractivity contribution in [2.75, 3.05) is 6.54 Å². The first-order chi connectivity index (χ1) is 14.6. The van der Waals surface area contributed by atoms with Crippen LogP contribution in [-0.2, 0) is 16.0 Å². The number of aromatic nitrogens is 1. The summed E-state index contributed by atoms with van der Waals surface area (Å²) >= 11 is 0. The molecule has 0 aliphatic carbocycles. The van der Waals surface area contributed by atoms with Crippen molar-refractivity contribution < 1.29 is 23.1 Å². The summed E-state index contributed by atoms with van der Waals surface area (Å²) in [5, 5.41) is 2.76. The molecule has 0 saturated carbocycles. The molecule has 31 heavy (non-hydrogen) atoms. The highest BCUT2D eigenvalue weighted by Crippen LogP contribution is 2.34. The molecule has 0 radical (unpaired) electrons. The summed E-state index contributed by atoms with van der Waals surface area (Å²) in [5.41, 5.74) is 0.0819. The Morgan fingerprint density at radius 3 is 2.71 bits per heavy atom. The number of carbonyl (C=O) groups is 2. The van der Waals surface area contributed by atoms with Crippen molar-refractivity contribution in [2.45, 2.75) is 57.7 Å². The van der Waals surface area contributed by atoms with Gasteiger partial charge in [-0.1, -0.05) is 6.07 Å². The highest BCUT2D eigenvalue weighted by atomic mass is 19.1. The molecule has 1 N–H and O–H groups in total. The van der Waals surface area contributed by atoms with Gasteiger partial charge in [-0.25, -0.2) is 13.6 Å². The van der Waals surface area contributed by atoms with Crippen LogP contribution >= 0.6 is 0 Å². The van der Waals surface area contributed by atoms with Crippen molar-refractivity contribution in [1.82, 2.24) is 15.2 Å². The van der Waals surface area contributed by atoms with E-state index in [0.29, 0.717) is 12.8 Å². The van der Waals surface area contributed by atoms with E-state index in [1.807, 2.05) is 12.1 Å². The van der Waals surface area contributed by atoms with E-state index >= 15 is 0 Å². The van der Waals surface area contributed by atoms with Crippen LogP contribution in [0.2, 0.25) is 0 Å². The van der Waals surface area contributed by atoms with E-state index < -0.39 is 35.4 Å². The summed E-state index contributed by atoms with van der Waals surface area (Å²) in [6, 6.07) is 7.11. The zero-order chi connectivity index (χ0) is 22.6.